The summed E-state index contributed by atoms with van der Waals surface area (Å²) < 4.78 is 6.07. The van der Waals surface area contributed by atoms with Crippen LogP contribution in [0.5, 0.6) is 5.75 Å². The van der Waals surface area contributed by atoms with Crippen molar-refractivity contribution in [2.75, 3.05) is 0 Å². The first-order chi connectivity index (χ1) is 12.7. The molecule has 0 fully saturated rings. The number of thioether (sulfide) groups is 1. The standard InChI is InChI=1S/C23H21NOS/c1-18-13-15-20(16-14-18)24-23(25-21-9-5-3-6-10-21)19(2)17-26-22-11-7-4-8-12-22/h3-17H,1-2H3/b19-17+,24-23?. The Hall–Kier alpha value is -2.78. The van der Waals surface area contributed by atoms with Crippen LogP contribution in [0.15, 0.2) is 106 Å². The molecule has 0 N–H and O–H groups in total. The van der Waals surface area contributed by atoms with Gasteiger partial charge in [0, 0.05) is 10.5 Å². The van der Waals surface area contributed by atoms with Crippen molar-refractivity contribution < 1.29 is 4.74 Å². The second kappa shape index (κ2) is 9.07. The van der Waals surface area contributed by atoms with Crippen molar-refractivity contribution in [3.63, 3.8) is 0 Å². The number of nitrogens with zero attached hydrogens (tertiary/aromatic N) is 1. The number of hydrogen-bond acceptors (Lipinski definition) is 3. The third kappa shape index (κ3) is 5.36. The van der Waals surface area contributed by atoms with Crippen molar-refractivity contribution in [1.82, 2.24) is 0 Å². The highest BCUT2D eigenvalue weighted by molar-refractivity contribution is 8.02. The second-order valence-electron chi connectivity index (χ2n) is 5.90. The van der Waals surface area contributed by atoms with Crippen LogP contribution >= 0.6 is 11.8 Å². The minimum atomic E-state index is 0.600. The van der Waals surface area contributed by atoms with E-state index in [1.165, 1.54) is 10.5 Å². The first-order valence-electron chi connectivity index (χ1n) is 8.48. The lowest BCUT2D eigenvalue weighted by molar-refractivity contribution is 0.551. The van der Waals surface area contributed by atoms with Gasteiger partial charge in [0.2, 0.25) is 5.90 Å². The van der Waals surface area contributed by atoms with Gasteiger partial charge in [0.05, 0.1) is 5.69 Å². The van der Waals surface area contributed by atoms with E-state index in [-0.39, 0.29) is 0 Å². The smallest absolute Gasteiger partial charge is 0.223 e. The van der Waals surface area contributed by atoms with Crippen LogP contribution in [0.1, 0.15) is 12.5 Å². The molecule has 3 aromatic carbocycles. The minimum Gasteiger partial charge on any atom is -0.439 e. The third-order valence-electron chi connectivity index (χ3n) is 3.67. The molecule has 3 heteroatoms. The summed E-state index contributed by atoms with van der Waals surface area (Å²) in [4.78, 5) is 5.90. The van der Waals surface area contributed by atoms with Gasteiger partial charge in [-0.15, -0.1) is 0 Å². The summed E-state index contributed by atoms with van der Waals surface area (Å²) in [6, 6.07) is 28.1. The topological polar surface area (TPSA) is 21.6 Å². The summed E-state index contributed by atoms with van der Waals surface area (Å²) in [7, 11) is 0. The van der Waals surface area contributed by atoms with Crippen LogP contribution in [0, 0.1) is 6.92 Å². The van der Waals surface area contributed by atoms with E-state index in [0.29, 0.717) is 5.90 Å². The molecule has 3 rings (SSSR count). The first-order valence-corrected chi connectivity index (χ1v) is 9.36. The molecule has 0 saturated heterocycles. The van der Waals surface area contributed by atoms with Crippen molar-refractivity contribution >= 4 is 23.3 Å². The average molecular weight is 359 g/mol. The fourth-order valence-corrected chi connectivity index (χ4v) is 2.96. The Kier molecular flexibility index (Phi) is 6.29. The van der Waals surface area contributed by atoms with Crippen LogP contribution in [0.2, 0.25) is 0 Å². The highest BCUT2D eigenvalue weighted by atomic mass is 32.2. The van der Waals surface area contributed by atoms with Gasteiger partial charge >= 0.3 is 0 Å². The average Bonchev–Trinajstić information content (AvgIpc) is 2.69. The number of aliphatic imine (C=N–C) groups is 1. The van der Waals surface area contributed by atoms with E-state index in [1.807, 2.05) is 67.6 Å². The number of hydrogen-bond donors (Lipinski definition) is 0. The highest BCUT2D eigenvalue weighted by Crippen LogP contribution is 2.23. The van der Waals surface area contributed by atoms with Gasteiger partial charge in [0.25, 0.3) is 0 Å². The van der Waals surface area contributed by atoms with E-state index in [1.54, 1.807) is 11.8 Å². The fourth-order valence-electron chi connectivity index (χ4n) is 2.23. The molecule has 0 amide bonds. The van der Waals surface area contributed by atoms with Crippen molar-refractivity contribution in [3.05, 3.63) is 101 Å². The zero-order chi connectivity index (χ0) is 18.2. The van der Waals surface area contributed by atoms with Crippen LogP contribution in [-0.2, 0) is 0 Å². The quantitative estimate of drug-likeness (QED) is 0.284. The fraction of sp³-hybridized carbons (Fsp3) is 0.0870. The summed E-state index contributed by atoms with van der Waals surface area (Å²) in [5, 5.41) is 2.07. The van der Waals surface area contributed by atoms with E-state index in [9.17, 15) is 0 Å². The molecule has 0 heterocycles. The third-order valence-corrected chi connectivity index (χ3v) is 4.69. The van der Waals surface area contributed by atoms with Crippen molar-refractivity contribution in [1.29, 1.82) is 0 Å². The molecule has 0 aliphatic carbocycles. The lowest BCUT2D eigenvalue weighted by Gasteiger charge is -2.10. The molecule has 26 heavy (non-hydrogen) atoms. The molecule has 0 aliphatic rings. The number of benzene rings is 3. The van der Waals surface area contributed by atoms with Gasteiger partial charge in [-0.3, -0.25) is 0 Å². The van der Waals surface area contributed by atoms with E-state index >= 15 is 0 Å². The summed E-state index contributed by atoms with van der Waals surface area (Å²) in [5.74, 6) is 1.37. The van der Waals surface area contributed by atoms with Crippen molar-refractivity contribution in [2.24, 2.45) is 4.99 Å². The van der Waals surface area contributed by atoms with Crippen molar-refractivity contribution in [2.45, 2.75) is 18.7 Å². The number of aryl methyl sites for hydroxylation is 1. The summed E-state index contributed by atoms with van der Waals surface area (Å²) in [5.41, 5.74) is 3.06. The molecule has 130 valence electrons. The summed E-state index contributed by atoms with van der Waals surface area (Å²) in [6.07, 6.45) is 0. The SMILES string of the molecule is C/C(=C\Sc1ccccc1)C(=Nc1ccc(C)cc1)Oc1ccccc1. The van der Waals surface area contributed by atoms with Crippen LogP contribution in [0.4, 0.5) is 5.69 Å². The Morgan fingerprint density at radius 3 is 2.12 bits per heavy atom. The van der Waals surface area contributed by atoms with Crippen LogP contribution in [-0.4, -0.2) is 5.90 Å². The zero-order valence-electron chi connectivity index (χ0n) is 14.9. The molecule has 0 radical (unpaired) electrons. The molecular formula is C23H21NOS. The summed E-state index contributed by atoms with van der Waals surface area (Å²) >= 11 is 1.66. The molecule has 0 unspecified atom stereocenters. The lowest BCUT2D eigenvalue weighted by Crippen LogP contribution is -2.09. The Bertz CT molecular complexity index is 885. The van der Waals surface area contributed by atoms with Crippen molar-refractivity contribution in [3.8, 4) is 5.75 Å². The largest absolute Gasteiger partial charge is 0.439 e. The maximum Gasteiger partial charge on any atom is 0.223 e. The Morgan fingerprint density at radius 2 is 1.46 bits per heavy atom. The first kappa shape index (κ1) is 18.0. The van der Waals surface area contributed by atoms with Gasteiger partial charge in [-0.05, 0) is 55.7 Å². The van der Waals surface area contributed by atoms with E-state index in [4.69, 9.17) is 9.73 Å². The van der Waals surface area contributed by atoms with Crippen LogP contribution < -0.4 is 4.74 Å². The van der Waals surface area contributed by atoms with Crippen LogP contribution in [0.3, 0.4) is 0 Å². The molecule has 2 nitrogen and oxygen atoms in total. The normalized spacial score (nSPS) is 12.1. The predicted molar refractivity (Wildman–Crippen MR) is 111 cm³/mol. The van der Waals surface area contributed by atoms with E-state index in [0.717, 1.165) is 17.0 Å². The molecule has 0 saturated carbocycles. The van der Waals surface area contributed by atoms with Gasteiger partial charge in [-0.2, -0.15) is 0 Å². The molecule has 0 spiro atoms. The summed E-state index contributed by atoms with van der Waals surface area (Å²) in [6.45, 7) is 4.09. The molecular weight excluding hydrogens is 338 g/mol. The van der Waals surface area contributed by atoms with Gasteiger partial charge in [0.15, 0.2) is 0 Å². The molecule has 0 atom stereocenters. The van der Waals surface area contributed by atoms with E-state index < -0.39 is 0 Å². The van der Waals surface area contributed by atoms with Gasteiger partial charge < -0.3 is 4.74 Å². The minimum absolute atomic E-state index is 0.600. The van der Waals surface area contributed by atoms with Gasteiger partial charge in [-0.25, -0.2) is 4.99 Å². The molecule has 0 aromatic heterocycles. The van der Waals surface area contributed by atoms with Gasteiger partial charge in [0.1, 0.15) is 5.75 Å². The monoisotopic (exact) mass is 359 g/mol. The second-order valence-corrected chi connectivity index (χ2v) is 6.84. The Balaban J connectivity index is 1.87. The zero-order valence-corrected chi connectivity index (χ0v) is 15.7. The van der Waals surface area contributed by atoms with Crippen LogP contribution in [0.25, 0.3) is 0 Å². The Labute approximate surface area is 159 Å². The number of para-hydroxylation sites is 1. The predicted octanol–water partition coefficient (Wildman–Crippen LogP) is 6.80. The lowest BCUT2D eigenvalue weighted by atomic mass is 10.2. The maximum atomic E-state index is 6.07. The van der Waals surface area contributed by atoms with Gasteiger partial charge in [-0.1, -0.05) is 65.9 Å². The molecule has 0 bridgehead atoms. The Morgan fingerprint density at radius 1 is 0.846 bits per heavy atom. The van der Waals surface area contributed by atoms with E-state index in [2.05, 4.69) is 36.6 Å². The number of ether oxygens (including phenoxy) is 1. The molecule has 0 aliphatic heterocycles. The number of rotatable bonds is 5. The molecule has 3 aromatic rings. The maximum absolute atomic E-state index is 6.07. The highest BCUT2D eigenvalue weighted by Gasteiger charge is 2.07.